The molecule has 0 saturated carbocycles. The smallest absolute Gasteiger partial charge is 0.293 e. The van der Waals surface area contributed by atoms with Crippen LogP contribution in [0.2, 0.25) is 0 Å². The predicted molar refractivity (Wildman–Crippen MR) is 133 cm³/mol. The number of fused-ring (bicyclic) bond motifs is 1. The Hall–Kier alpha value is -3.83. The normalized spacial score (nSPS) is 14.9. The molecule has 0 bridgehead atoms. The minimum Gasteiger partial charge on any atom is -0.489 e. The van der Waals surface area contributed by atoms with Crippen LogP contribution >= 0.6 is 11.8 Å². The number of carbonyl (C=O) groups is 2. The molecule has 1 aliphatic rings. The zero-order chi connectivity index (χ0) is 22.6. The van der Waals surface area contributed by atoms with Gasteiger partial charge in [-0.25, -0.2) is 0 Å². The third kappa shape index (κ3) is 4.83. The standard InChI is InChI=1S/C28H21NO3S/c30-27-26(17-21-9-6-12-25(16-21)32-19-20-7-2-1-3-8-20)33-28(31)29(27)18-22-13-14-23-10-4-5-11-24(23)15-22/h1-17H,18-19H2/b26-17-. The molecule has 4 aromatic carbocycles. The fourth-order valence-corrected chi connectivity index (χ4v) is 4.58. The Balaban J connectivity index is 1.30. The second-order valence-corrected chi connectivity index (χ2v) is 8.79. The Labute approximate surface area is 196 Å². The summed E-state index contributed by atoms with van der Waals surface area (Å²) in [4.78, 5) is 27.3. The Morgan fingerprint density at radius 3 is 2.39 bits per heavy atom. The monoisotopic (exact) mass is 451 g/mol. The summed E-state index contributed by atoms with van der Waals surface area (Å²) in [6, 6.07) is 31.5. The Bertz CT molecular complexity index is 1360. The van der Waals surface area contributed by atoms with Gasteiger partial charge in [0, 0.05) is 0 Å². The quantitative estimate of drug-likeness (QED) is 0.308. The third-order valence-corrected chi connectivity index (χ3v) is 6.34. The van der Waals surface area contributed by atoms with Crippen LogP contribution in [0.3, 0.4) is 0 Å². The molecular formula is C28H21NO3S. The van der Waals surface area contributed by atoms with Crippen LogP contribution in [0.1, 0.15) is 16.7 Å². The molecular weight excluding hydrogens is 430 g/mol. The lowest BCUT2D eigenvalue weighted by Crippen LogP contribution is -2.27. The molecule has 33 heavy (non-hydrogen) atoms. The number of benzene rings is 4. The lowest BCUT2D eigenvalue weighted by atomic mass is 10.1. The van der Waals surface area contributed by atoms with E-state index in [1.54, 1.807) is 6.08 Å². The van der Waals surface area contributed by atoms with Crippen molar-refractivity contribution >= 4 is 39.8 Å². The summed E-state index contributed by atoms with van der Waals surface area (Å²) >= 11 is 0.973. The molecule has 0 aliphatic carbocycles. The van der Waals surface area contributed by atoms with Crippen LogP contribution in [0.15, 0.2) is 102 Å². The van der Waals surface area contributed by atoms with E-state index in [1.165, 1.54) is 4.90 Å². The molecule has 0 atom stereocenters. The van der Waals surface area contributed by atoms with Crippen LogP contribution < -0.4 is 4.74 Å². The molecule has 2 amide bonds. The minimum atomic E-state index is -0.270. The molecule has 5 rings (SSSR count). The zero-order valence-corrected chi connectivity index (χ0v) is 18.6. The van der Waals surface area contributed by atoms with Crippen LogP contribution in [0.4, 0.5) is 4.79 Å². The average molecular weight is 452 g/mol. The summed E-state index contributed by atoms with van der Waals surface area (Å²) < 4.78 is 5.88. The van der Waals surface area contributed by atoms with Crippen molar-refractivity contribution in [2.75, 3.05) is 0 Å². The highest BCUT2D eigenvalue weighted by Crippen LogP contribution is 2.34. The van der Waals surface area contributed by atoms with Crippen LogP contribution in [0, 0.1) is 0 Å². The first-order valence-electron chi connectivity index (χ1n) is 10.7. The number of imide groups is 1. The van der Waals surface area contributed by atoms with Gasteiger partial charge in [0.2, 0.25) is 0 Å². The van der Waals surface area contributed by atoms with Crippen molar-refractivity contribution in [2.24, 2.45) is 0 Å². The average Bonchev–Trinajstić information content (AvgIpc) is 3.11. The van der Waals surface area contributed by atoms with Gasteiger partial charge in [0.25, 0.3) is 11.1 Å². The van der Waals surface area contributed by atoms with Crippen molar-refractivity contribution in [1.29, 1.82) is 0 Å². The van der Waals surface area contributed by atoms with Gasteiger partial charge < -0.3 is 4.74 Å². The summed E-state index contributed by atoms with van der Waals surface area (Å²) in [5.74, 6) is 0.441. The molecule has 5 heteroatoms. The molecule has 1 heterocycles. The van der Waals surface area contributed by atoms with Gasteiger partial charge in [-0.3, -0.25) is 14.5 Å². The van der Waals surface area contributed by atoms with Crippen LogP contribution in [0.25, 0.3) is 16.8 Å². The third-order valence-electron chi connectivity index (χ3n) is 5.43. The van der Waals surface area contributed by atoms with Crippen molar-refractivity contribution in [3.63, 3.8) is 0 Å². The number of hydrogen-bond donors (Lipinski definition) is 0. The van der Waals surface area contributed by atoms with Crippen LogP contribution in [-0.4, -0.2) is 16.0 Å². The highest BCUT2D eigenvalue weighted by molar-refractivity contribution is 8.18. The highest BCUT2D eigenvalue weighted by atomic mass is 32.2. The predicted octanol–water partition coefficient (Wildman–Crippen LogP) is 6.66. The van der Waals surface area contributed by atoms with Crippen molar-refractivity contribution < 1.29 is 14.3 Å². The van der Waals surface area contributed by atoms with Gasteiger partial charge in [-0.05, 0) is 63.5 Å². The number of amides is 2. The maximum Gasteiger partial charge on any atom is 0.293 e. The van der Waals surface area contributed by atoms with Crippen LogP contribution in [0.5, 0.6) is 5.75 Å². The number of carbonyl (C=O) groups excluding carboxylic acids is 2. The SMILES string of the molecule is O=C1S/C(=C\c2cccc(OCc3ccccc3)c2)C(=O)N1Cc1ccc2ccccc2c1. The molecule has 0 unspecified atom stereocenters. The maximum atomic E-state index is 13.0. The topological polar surface area (TPSA) is 46.6 Å². The molecule has 0 N–H and O–H groups in total. The second-order valence-electron chi connectivity index (χ2n) is 7.80. The number of nitrogens with zero attached hydrogens (tertiary/aromatic N) is 1. The molecule has 0 spiro atoms. The first-order chi connectivity index (χ1) is 16.2. The molecule has 162 valence electrons. The van der Waals surface area contributed by atoms with Gasteiger partial charge in [0.1, 0.15) is 12.4 Å². The van der Waals surface area contributed by atoms with Crippen LogP contribution in [-0.2, 0) is 17.9 Å². The molecule has 4 nitrogen and oxygen atoms in total. The van der Waals surface area contributed by atoms with Crippen molar-refractivity contribution in [1.82, 2.24) is 4.90 Å². The van der Waals surface area contributed by atoms with E-state index in [9.17, 15) is 9.59 Å². The number of rotatable bonds is 6. The molecule has 4 aromatic rings. The van der Waals surface area contributed by atoms with E-state index in [1.807, 2.05) is 97.1 Å². The summed E-state index contributed by atoms with van der Waals surface area (Å²) in [6.07, 6.45) is 1.75. The largest absolute Gasteiger partial charge is 0.489 e. The number of thioether (sulfide) groups is 1. The molecule has 0 radical (unpaired) electrons. The van der Waals surface area contributed by atoms with Gasteiger partial charge in [0.05, 0.1) is 11.4 Å². The van der Waals surface area contributed by atoms with Crippen molar-refractivity contribution in [2.45, 2.75) is 13.2 Å². The van der Waals surface area contributed by atoms with E-state index < -0.39 is 0 Å². The van der Waals surface area contributed by atoms with Gasteiger partial charge in [-0.15, -0.1) is 0 Å². The first kappa shape index (κ1) is 21.0. The fourth-order valence-electron chi connectivity index (χ4n) is 3.74. The second kappa shape index (κ2) is 9.35. The van der Waals surface area contributed by atoms with Gasteiger partial charge in [-0.2, -0.15) is 0 Å². The maximum absolute atomic E-state index is 13.0. The van der Waals surface area contributed by atoms with Gasteiger partial charge in [-0.1, -0.05) is 78.9 Å². The van der Waals surface area contributed by atoms with Gasteiger partial charge in [0.15, 0.2) is 0 Å². The zero-order valence-electron chi connectivity index (χ0n) is 17.8. The summed E-state index contributed by atoms with van der Waals surface area (Å²) in [5.41, 5.74) is 2.82. The van der Waals surface area contributed by atoms with E-state index in [-0.39, 0.29) is 17.7 Å². The molecule has 1 saturated heterocycles. The number of hydrogen-bond acceptors (Lipinski definition) is 4. The Morgan fingerprint density at radius 1 is 0.758 bits per heavy atom. The van der Waals surface area contributed by atoms with Gasteiger partial charge >= 0.3 is 0 Å². The van der Waals surface area contributed by atoms with E-state index >= 15 is 0 Å². The summed E-state index contributed by atoms with van der Waals surface area (Å²) in [7, 11) is 0. The van der Waals surface area contributed by atoms with Crippen molar-refractivity contribution in [3.05, 3.63) is 119 Å². The Morgan fingerprint density at radius 2 is 1.55 bits per heavy atom. The summed E-state index contributed by atoms with van der Waals surface area (Å²) in [6.45, 7) is 0.722. The summed E-state index contributed by atoms with van der Waals surface area (Å²) in [5, 5.41) is 1.96. The van der Waals surface area contributed by atoms with E-state index in [2.05, 4.69) is 0 Å². The van der Waals surface area contributed by atoms with E-state index in [4.69, 9.17) is 4.74 Å². The number of ether oxygens (including phenoxy) is 1. The lowest BCUT2D eigenvalue weighted by molar-refractivity contribution is -0.123. The first-order valence-corrected chi connectivity index (χ1v) is 11.5. The van der Waals surface area contributed by atoms with E-state index in [0.29, 0.717) is 17.3 Å². The Kier molecular flexibility index (Phi) is 5.96. The van der Waals surface area contributed by atoms with Crippen molar-refractivity contribution in [3.8, 4) is 5.75 Å². The fraction of sp³-hybridized carbons (Fsp3) is 0.0714. The minimum absolute atomic E-state index is 0.254. The molecule has 1 aliphatic heterocycles. The molecule has 1 fully saturated rings. The van der Waals surface area contributed by atoms with E-state index in [0.717, 1.165) is 39.2 Å². The lowest BCUT2D eigenvalue weighted by Gasteiger charge is -2.13. The molecule has 0 aromatic heterocycles. The highest BCUT2D eigenvalue weighted by Gasteiger charge is 2.35.